The van der Waals surface area contributed by atoms with Crippen molar-refractivity contribution in [2.75, 3.05) is 0 Å². The summed E-state index contributed by atoms with van der Waals surface area (Å²) in [4.78, 5) is 0. The molecule has 1 radical (unpaired) electrons. The van der Waals surface area contributed by atoms with Crippen molar-refractivity contribution in [2.45, 2.75) is 13.3 Å². The monoisotopic (exact) mass is 142 g/mol. The maximum absolute atomic E-state index is 3.56. The fraction of sp³-hybridized carbons (Fsp3) is 0.667. The Morgan fingerprint density at radius 3 is 2.62 bits per heavy atom. The first-order valence-electron chi connectivity index (χ1n) is 2.11. The molecule has 0 aliphatic heterocycles. The first kappa shape index (κ1) is 7.94. The van der Waals surface area contributed by atoms with Crippen LogP contribution in [0.5, 0.6) is 0 Å². The van der Waals surface area contributed by atoms with Crippen molar-refractivity contribution in [3.63, 3.8) is 0 Å². The minimum absolute atomic E-state index is 0. The molecule has 5 heteroatoms. The molecule has 4 nitrogen and oxygen atoms in total. The molecule has 8 heavy (non-hydrogen) atoms. The molecule has 0 aromatic carbocycles. The number of aromatic nitrogens is 4. The molecule has 0 saturated heterocycles. The van der Waals surface area contributed by atoms with E-state index in [9.17, 15) is 0 Å². The Bertz CT molecular complexity index is 126. The topological polar surface area (TPSA) is 52.8 Å². The summed E-state index contributed by atoms with van der Waals surface area (Å²) in [6.07, 6.45) is 0.812. The van der Waals surface area contributed by atoms with Crippen LogP contribution in [0.25, 0.3) is 0 Å². The van der Waals surface area contributed by atoms with Crippen molar-refractivity contribution in [3.05, 3.63) is 5.82 Å². The van der Waals surface area contributed by atoms with Crippen molar-refractivity contribution in [1.82, 2.24) is 20.6 Å². The van der Waals surface area contributed by atoms with Crippen LogP contribution >= 0.6 is 0 Å². The Labute approximate surface area is 65.8 Å². The van der Waals surface area contributed by atoms with E-state index in [2.05, 4.69) is 20.6 Å². The third-order valence-electron chi connectivity index (χ3n) is 0.677. The van der Waals surface area contributed by atoms with Crippen molar-refractivity contribution < 1.29 is 25.8 Å². The fourth-order valence-electron chi connectivity index (χ4n) is 0.305. The van der Waals surface area contributed by atoms with Gasteiger partial charge in [0, 0.05) is 31.7 Å². The zero-order valence-corrected chi connectivity index (χ0v) is 6.38. The van der Waals surface area contributed by atoms with E-state index >= 15 is 0 Å². The Kier molecular flexibility index (Phi) is 3.86. The number of hydrogen-bond acceptors (Lipinski definition) is 3. The van der Waals surface area contributed by atoms with E-state index in [1.807, 2.05) is 6.92 Å². The van der Waals surface area contributed by atoms with E-state index in [4.69, 9.17) is 0 Å². The molecular weight excluding hydrogens is 137 g/mol. The quantitative estimate of drug-likeness (QED) is 0.524. The predicted molar refractivity (Wildman–Crippen MR) is 22.5 cm³/mol. The summed E-state index contributed by atoms with van der Waals surface area (Å²) in [5.41, 5.74) is 0. The average molecular weight is 142 g/mol. The molecule has 0 atom stereocenters. The maximum Gasteiger partial charge on any atom is 0.0422 e. The molecular formula is C3H5N4Sc-. The molecule has 0 spiro atoms. The molecule has 1 heterocycles. The van der Waals surface area contributed by atoms with E-state index < -0.39 is 0 Å². The number of aryl methyl sites for hydroxylation is 1. The smallest absolute Gasteiger partial charge is 0.0422 e. The molecule has 0 amide bonds. The summed E-state index contributed by atoms with van der Waals surface area (Å²) in [5, 5.41) is 13.7. The molecule has 0 fully saturated rings. The van der Waals surface area contributed by atoms with Crippen molar-refractivity contribution in [2.24, 2.45) is 0 Å². The predicted octanol–water partition coefficient (Wildman–Crippen LogP) is -0.611. The molecule has 0 aliphatic rings. The molecule has 1 aromatic heterocycles. The Balaban J connectivity index is 0.000000490. The van der Waals surface area contributed by atoms with E-state index in [0.717, 1.165) is 6.42 Å². The van der Waals surface area contributed by atoms with E-state index in [1.165, 1.54) is 0 Å². The molecule has 0 saturated carbocycles. The van der Waals surface area contributed by atoms with Crippen LogP contribution in [0.15, 0.2) is 0 Å². The van der Waals surface area contributed by atoms with Gasteiger partial charge < -0.3 is 5.10 Å². The second-order valence-electron chi connectivity index (χ2n) is 1.15. The fourth-order valence-corrected chi connectivity index (χ4v) is 0.305. The largest absolute Gasteiger partial charge is 0.335 e. The molecule has 0 aliphatic carbocycles. The van der Waals surface area contributed by atoms with Gasteiger partial charge >= 0.3 is 0 Å². The van der Waals surface area contributed by atoms with Crippen LogP contribution in [0.1, 0.15) is 12.7 Å². The summed E-state index contributed by atoms with van der Waals surface area (Å²) >= 11 is 0. The van der Waals surface area contributed by atoms with Gasteiger partial charge in [-0.05, 0) is 6.42 Å². The standard InChI is InChI=1S/C3H5N4.Sc/c1-2-3-4-6-7-5-3;/h2H2,1H3;/q-1;. The summed E-state index contributed by atoms with van der Waals surface area (Å²) in [6.45, 7) is 1.96. The molecule has 1 aromatic rings. The minimum Gasteiger partial charge on any atom is -0.335 e. The summed E-state index contributed by atoms with van der Waals surface area (Å²) in [6, 6.07) is 0. The van der Waals surface area contributed by atoms with Gasteiger partial charge in [-0.1, -0.05) is 6.92 Å². The van der Waals surface area contributed by atoms with Gasteiger partial charge in [0.05, 0.1) is 0 Å². The van der Waals surface area contributed by atoms with E-state index in [0.29, 0.717) is 5.82 Å². The van der Waals surface area contributed by atoms with Crippen LogP contribution in [-0.4, -0.2) is 15.4 Å². The summed E-state index contributed by atoms with van der Waals surface area (Å²) < 4.78 is 0. The molecule has 0 bridgehead atoms. The van der Waals surface area contributed by atoms with Gasteiger partial charge in [0.25, 0.3) is 0 Å². The Morgan fingerprint density at radius 2 is 2.38 bits per heavy atom. The minimum atomic E-state index is 0. The first-order chi connectivity index (χ1) is 3.43. The van der Waals surface area contributed by atoms with Crippen LogP contribution in [0.4, 0.5) is 0 Å². The van der Waals surface area contributed by atoms with Crippen molar-refractivity contribution in [3.8, 4) is 0 Å². The van der Waals surface area contributed by atoms with Gasteiger partial charge in [-0.25, -0.2) is 0 Å². The summed E-state index contributed by atoms with van der Waals surface area (Å²) in [7, 11) is 0. The first-order valence-corrected chi connectivity index (χ1v) is 2.11. The Hall–Kier alpha value is -0.0599. The van der Waals surface area contributed by atoms with E-state index in [1.54, 1.807) is 0 Å². The van der Waals surface area contributed by atoms with Crippen LogP contribution in [0.3, 0.4) is 0 Å². The normalized spacial score (nSPS) is 8.12. The third kappa shape index (κ3) is 1.81. The third-order valence-corrected chi connectivity index (χ3v) is 0.677. The Morgan fingerprint density at radius 1 is 1.62 bits per heavy atom. The van der Waals surface area contributed by atoms with Crippen molar-refractivity contribution >= 4 is 0 Å². The van der Waals surface area contributed by atoms with Gasteiger partial charge in [-0.3, -0.25) is 15.5 Å². The molecule has 41 valence electrons. The number of rotatable bonds is 1. The second kappa shape index (κ2) is 3.88. The van der Waals surface area contributed by atoms with Crippen molar-refractivity contribution in [1.29, 1.82) is 0 Å². The SMILES string of the molecule is CCc1nn[n-]n1.[Sc]. The van der Waals surface area contributed by atoms with Crippen LogP contribution < -0.4 is 5.21 Å². The number of tetrazole rings is 1. The van der Waals surface area contributed by atoms with Gasteiger partial charge in [0.1, 0.15) is 0 Å². The number of nitrogens with zero attached hydrogens (tertiary/aromatic N) is 4. The van der Waals surface area contributed by atoms with Crippen LogP contribution in [0, 0.1) is 0 Å². The molecule has 0 N–H and O–H groups in total. The second-order valence-corrected chi connectivity index (χ2v) is 1.15. The maximum atomic E-state index is 3.56. The number of hydrogen-bond donors (Lipinski definition) is 0. The molecule has 0 unspecified atom stereocenters. The zero-order chi connectivity index (χ0) is 5.11. The van der Waals surface area contributed by atoms with Crippen LogP contribution in [-0.2, 0) is 32.3 Å². The average Bonchev–Trinajstić information content (AvgIpc) is 2.14. The summed E-state index contributed by atoms with van der Waals surface area (Å²) in [5.74, 6) is 0.708. The van der Waals surface area contributed by atoms with Gasteiger partial charge in [0.2, 0.25) is 0 Å². The van der Waals surface area contributed by atoms with E-state index in [-0.39, 0.29) is 25.8 Å². The zero-order valence-electron chi connectivity index (χ0n) is 4.57. The molecule has 1 rings (SSSR count). The van der Waals surface area contributed by atoms with Gasteiger partial charge in [0.15, 0.2) is 0 Å². The van der Waals surface area contributed by atoms with Gasteiger partial charge in [-0.2, -0.15) is 0 Å². The van der Waals surface area contributed by atoms with Gasteiger partial charge in [-0.15, -0.1) is 0 Å². The van der Waals surface area contributed by atoms with Crippen LogP contribution in [0.2, 0.25) is 0 Å².